The Morgan fingerprint density at radius 1 is 0.619 bits per heavy atom. The highest BCUT2D eigenvalue weighted by molar-refractivity contribution is 6.18. The summed E-state index contributed by atoms with van der Waals surface area (Å²) in [5.74, 6) is -1.75. The van der Waals surface area contributed by atoms with Crippen LogP contribution in [0, 0.1) is 0 Å². The van der Waals surface area contributed by atoms with Gasteiger partial charge in [0.15, 0.2) is 5.79 Å². The third kappa shape index (κ3) is 16.4. The van der Waals surface area contributed by atoms with Crippen molar-refractivity contribution in [2.75, 3.05) is 5.88 Å². The fraction of sp³-hybridized carbons (Fsp3) is 1.00. The zero-order valence-corrected chi connectivity index (χ0v) is 14.8. The molecule has 0 aliphatic rings. The maximum absolute atomic E-state index is 9.34. The van der Waals surface area contributed by atoms with Crippen molar-refractivity contribution in [3.05, 3.63) is 0 Å². The van der Waals surface area contributed by atoms with Crippen LogP contribution >= 0.6 is 11.6 Å². The number of hydrogen-bond acceptors (Lipinski definition) is 2. The van der Waals surface area contributed by atoms with Crippen molar-refractivity contribution in [1.82, 2.24) is 0 Å². The van der Waals surface area contributed by atoms with Crippen LogP contribution in [0.1, 0.15) is 103 Å². The summed E-state index contributed by atoms with van der Waals surface area (Å²) in [4.78, 5) is 0. The van der Waals surface area contributed by atoms with Crippen LogP contribution in [-0.2, 0) is 0 Å². The predicted molar refractivity (Wildman–Crippen MR) is 92.8 cm³/mol. The maximum Gasteiger partial charge on any atom is 0.176 e. The van der Waals surface area contributed by atoms with Crippen LogP contribution in [0.2, 0.25) is 0 Å². The van der Waals surface area contributed by atoms with Crippen molar-refractivity contribution in [1.29, 1.82) is 0 Å². The molecule has 0 spiro atoms. The number of hydrogen-bond donors (Lipinski definition) is 2. The summed E-state index contributed by atoms with van der Waals surface area (Å²) in [5, 5.41) is 18.7. The first-order valence-electron chi connectivity index (χ1n) is 9.13. The fourth-order valence-electron chi connectivity index (χ4n) is 2.67. The zero-order chi connectivity index (χ0) is 15.8. The molecule has 0 bridgehead atoms. The van der Waals surface area contributed by atoms with E-state index in [-0.39, 0.29) is 5.88 Å². The molecule has 0 aromatic rings. The van der Waals surface area contributed by atoms with Crippen LogP contribution in [-0.4, -0.2) is 21.9 Å². The molecule has 0 heterocycles. The lowest BCUT2D eigenvalue weighted by Gasteiger charge is -2.17. The quantitative estimate of drug-likeness (QED) is 0.215. The topological polar surface area (TPSA) is 40.5 Å². The van der Waals surface area contributed by atoms with Crippen LogP contribution in [0.15, 0.2) is 0 Å². The summed E-state index contributed by atoms with van der Waals surface area (Å²) in [7, 11) is 0. The van der Waals surface area contributed by atoms with Crippen molar-refractivity contribution in [2.45, 2.75) is 109 Å². The van der Waals surface area contributed by atoms with Gasteiger partial charge in [-0.25, -0.2) is 0 Å². The van der Waals surface area contributed by atoms with Crippen LogP contribution in [0.4, 0.5) is 0 Å². The van der Waals surface area contributed by atoms with Crippen LogP contribution in [0.25, 0.3) is 0 Å². The van der Waals surface area contributed by atoms with E-state index in [0.717, 1.165) is 12.8 Å². The third-order valence-corrected chi connectivity index (χ3v) is 4.57. The molecule has 2 nitrogen and oxygen atoms in total. The molecule has 0 saturated carbocycles. The summed E-state index contributed by atoms with van der Waals surface area (Å²) in [6, 6.07) is 0. The van der Waals surface area contributed by atoms with Gasteiger partial charge in [0.25, 0.3) is 0 Å². The molecule has 0 aliphatic heterocycles. The zero-order valence-electron chi connectivity index (χ0n) is 14.1. The van der Waals surface area contributed by atoms with Gasteiger partial charge >= 0.3 is 0 Å². The van der Waals surface area contributed by atoms with E-state index >= 15 is 0 Å². The Hall–Kier alpha value is 0.210. The Balaban J connectivity index is 3.06. The van der Waals surface area contributed by atoms with Gasteiger partial charge in [-0.1, -0.05) is 90.4 Å². The highest BCUT2D eigenvalue weighted by Crippen LogP contribution is 2.16. The van der Waals surface area contributed by atoms with E-state index in [4.69, 9.17) is 11.6 Å². The summed E-state index contributed by atoms with van der Waals surface area (Å²) < 4.78 is 0. The van der Waals surface area contributed by atoms with Gasteiger partial charge in [0, 0.05) is 6.42 Å². The Bertz CT molecular complexity index is 207. The number of aliphatic hydroxyl groups is 2. The van der Waals surface area contributed by atoms with Gasteiger partial charge < -0.3 is 10.2 Å². The molecule has 3 heteroatoms. The molecule has 128 valence electrons. The van der Waals surface area contributed by atoms with Crippen LogP contribution < -0.4 is 0 Å². The van der Waals surface area contributed by atoms with Crippen LogP contribution in [0.5, 0.6) is 0 Å². The summed E-state index contributed by atoms with van der Waals surface area (Å²) in [5.41, 5.74) is 0. The number of alkyl halides is 1. The molecule has 0 aromatic carbocycles. The van der Waals surface area contributed by atoms with Crippen LogP contribution in [0.3, 0.4) is 0 Å². The van der Waals surface area contributed by atoms with Gasteiger partial charge in [-0.3, -0.25) is 0 Å². The molecule has 0 aliphatic carbocycles. The van der Waals surface area contributed by atoms with E-state index in [1.165, 1.54) is 77.0 Å². The first kappa shape index (κ1) is 21.2. The lowest BCUT2D eigenvalue weighted by molar-refractivity contribution is -0.147. The highest BCUT2D eigenvalue weighted by Gasteiger charge is 2.19. The van der Waals surface area contributed by atoms with E-state index in [2.05, 4.69) is 6.92 Å². The lowest BCUT2D eigenvalue weighted by atomic mass is 10.0. The van der Waals surface area contributed by atoms with E-state index in [1.807, 2.05) is 0 Å². The van der Waals surface area contributed by atoms with E-state index < -0.39 is 5.79 Å². The Morgan fingerprint density at radius 2 is 0.952 bits per heavy atom. The first-order chi connectivity index (χ1) is 10.1. The second-order valence-corrected chi connectivity index (χ2v) is 6.73. The minimum absolute atomic E-state index is 0.0918. The summed E-state index contributed by atoms with van der Waals surface area (Å²) >= 11 is 5.45. The molecule has 0 rings (SSSR count). The van der Waals surface area contributed by atoms with Gasteiger partial charge in [0.05, 0.1) is 5.88 Å². The number of halogens is 1. The van der Waals surface area contributed by atoms with Gasteiger partial charge in [0.2, 0.25) is 0 Å². The minimum Gasteiger partial charge on any atom is -0.365 e. The van der Waals surface area contributed by atoms with E-state index in [1.54, 1.807) is 0 Å². The second kappa shape index (κ2) is 15.1. The Morgan fingerprint density at radius 3 is 1.29 bits per heavy atom. The maximum atomic E-state index is 9.34. The van der Waals surface area contributed by atoms with Gasteiger partial charge in [-0.2, -0.15) is 0 Å². The van der Waals surface area contributed by atoms with Crippen molar-refractivity contribution in [3.63, 3.8) is 0 Å². The minimum atomic E-state index is -1.65. The molecule has 0 atom stereocenters. The van der Waals surface area contributed by atoms with Crippen molar-refractivity contribution >= 4 is 11.6 Å². The number of rotatable bonds is 16. The molecule has 0 saturated heterocycles. The predicted octanol–water partition coefficient (Wildman–Crippen LogP) is 5.78. The van der Waals surface area contributed by atoms with E-state index in [0.29, 0.717) is 6.42 Å². The van der Waals surface area contributed by atoms with Crippen molar-refractivity contribution in [3.8, 4) is 0 Å². The average molecular weight is 321 g/mol. The van der Waals surface area contributed by atoms with Crippen molar-refractivity contribution in [2.24, 2.45) is 0 Å². The monoisotopic (exact) mass is 320 g/mol. The van der Waals surface area contributed by atoms with E-state index in [9.17, 15) is 10.2 Å². The van der Waals surface area contributed by atoms with Gasteiger partial charge in [-0.05, 0) is 6.42 Å². The highest BCUT2D eigenvalue weighted by atomic mass is 35.5. The average Bonchev–Trinajstić information content (AvgIpc) is 2.47. The standard InChI is InChI=1S/C18H37ClO2/c1-2-3-4-5-6-7-8-9-10-11-12-13-14-15-16-18(20,21)17-19/h20-21H,2-17H2,1H3. The largest absolute Gasteiger partial charge is 0.365 e. The second-order valence-electron chi connectivity index (χ2n) is 6.46. The fourth-order valence-corrected chi connectivity index (χ4v) is 2.80. The molecule has 0 fully saturated rings. The van der Waals surface area contributed by atoms with Crippen molar-refractivity contribution < 1.29 is 10.2 Å². The first-order valence-corrected chi connectivity index (χ1v) is 9.66. The number of unbranched alkanes of at least 4 members (excludes halogenated alkanes) is 13. The molecular weight excluding hydrogens is 284 g/mol. The Labute approximate surface area is 137 Å². The summed E-state index contributed by atoms with van der Waals surface area (Å²) in [6.07, 6.45) is 18.7. The summed E-state index contributed by atoms with van der Waals surface area (Å²) in [6.45, 7) is 2.27. The lowest BCUT2D eigenvalue weighted by Crippen LogP contribution is -2.29. The Kier molecular flexibility index (Phi) is 15.3. The molecule has 2 N–H and O–H groups in total. The normalized spacial score (nSPS) is 12.0. The SMILES string of the molecule is CCCCCCCCCCCCCCCCC(O)(O)CCl. The molecule has 0 unspecified atom stereocenters. The van der Waals surface area contributed by atoms with Gasteiger partial charge in [0.1, 0.15) is 0 Å². The van der Waals surface area contributed by atoms with Gasteiger partial charge in [-0.15, -0.1) is 11.6 Å². The molecule has 21 heavy (non-hydrogen) atoms. The molecule has 0 amide bonds. The molecule has 0 radical (unpaired) electrons. The smallest absolute Gasteiger partial charge is 0.176 e. The third-order valence-electron chi connectivity index (χ3n) is 4.14. The molecule has 0 aromatic heterocycles. The molecular formula is C18H37ClO2.